The van der Waals surface area contributed by atoms with E-state index < -0.39 is 0 Å². The molecule has 6 nitrogen and oxygen atoms in total. The molecule has 2 aromatic rings. The molecule has 7 heteroatoms. The lowest BCUT2D eigenvalue weighted by Gasteiger charge is -2.24. The van der Waals surface area contributed by atoms with Gasteiger partial charge in [-0.25, -0.2) is 4.79 Å². The average molecular weight is 321 g/mol. The minimum Gasteiger partial charge on any atom is -0.338 e. The second kappa shape index (κ2) is 7.95. The quantitative estimate of drug-likeness (QED) is 0.815. The first-order valence-corrected chi connectivity index (χ1v) is 8.18. The van der Waals surface area contributed by atoms with Gasteiger partial charge in [-0.2, -0.15) is 16.4 Å². The van der Waals surface area contributed by atoms with E-state index in [2.05, 4.69) is 37.5 Å². The normalized spacial score (nSPS) is 12.4. The Balaban J connectivity index is 1.72. The van der Waals surface area contributed by atoms with Gasteiger partial charge in [0.25, 0.3) is 0 Å². The first-order chi connectivity index (χ1) is 10.6. The molecular weight excluding hydrogens is 298 g/mol. The Labute approximate surface area is 135 Å². The summed E-state index contributed by atoms with van der Waals surface area (Å²) in [5.41, 5.74) is 2.35. The number of hydrogen-bond acceptors (Lipinski definition) is 4. The Kier molecular flexibility index (Phi) is 5.97. The van der Waals surface area contributed by atoms with E-state index in [4.69, 9.17) is 0 Å². The number of rotatable bonds is 7. The molecule has 0 radical (unpaired) electrons. The van der Waals surface area contributed by atoms with Gasteiger partial charge in [-0.15, -0.1) is 0 Å². The summed E-state index contributed by atoms with van der Waals surface area (Å²) in [5.74, 6) is 0. The van der Waals surface area contributed by atoms with E-state index >= 15 is 0 Å². The van der Waals surface area contributed by atoms with Crippen molar-refractivity contribution in [2.24, 2.45) is 7.05 Å². The van der Waals surface area contributed by atoms with Crippen LogP contribution >= 0.6 is 11.3 Å². The van der Waals surface area contributed by atoms with Crippen molar-refractivity contribution in [1.82, 2.24) is 25.3 Å². The lowest BCUT2D eigenvalue weighted by atomic mass is 10.1. The molecule has 0 aliphatic rings. The van der Waals surface area contributed by atoms with Crippen LogP contribution in [0.1, 0.15) is 17.2 Å². The number of aryl methyl sites for hydroxylation is 1. The molecular formula is C15H23N5OS. The number of carbonyl (C=O) groups excluding carboxylic acids is 1. The van der Waals surface area contributed by atoms with Crippen LogP contribution in [0.25, 0.3) is 0 Å². The number of amides is 2. The van der Waals surface area contributed by atoms with Crippen molar-refractivity contribution in [3.8, 4) is 0 Å². The van der Waals surface area contributed by atoms with Crippen molar-refractivity contribution < 1.29 is 4.79 Å². The first kappa shape index (κ1) is 16.5. The number of thiophene rings is 1. The van der Waals surface area contributed by atoms with Crippen LogP contribution in [0.2, 0.25) is 0 Å². The van der Waals surface area contributed by atoms with Crippen LogP contribution in [0.4, 0.5) is 4.79 Å². The Morgan fingerprint density at radius 2 is 2.27 bits per heavy atom. The fourth-order valence-corrected chi connectivity index (χ4v) is 2.94. The minimum absolute atomic E-state index is 0.133. The van der Waals surface area contributed by atoms with Crippen LogP contribution in [0, 0.1) is 0 Å². The predicted molar refractivity (Wildman–Crippen MR) is 89.1 cm³/mol. The summed E-state index contributed by atoms with van der Waals surface area (Å²) < 4.78 is 1.76. The second-order valence-electron chi connectivity index (χ2n) is 5.45. The molecule has 2 rings (SSSR count). The van der Waals surface area contributed by atoms with Gasteiger partial charge < -0.3 is 15.5 Å². The summed E-state index contributed by atoms with van der Waals surface area (Å²) in [7, 11) is 5.92. The molecule has 0 aliphatic carbocycles. The Bertz CT molecular complexity index is 579. The molecule has 0 saturated heterocycles. The highest BCUT2D eigenvalue weighted by molar-refractivity contribution is 7.07. The van der Waals surface area contributed by atoms with Gasteiger partial charge >= 0.3 is 6.03 Å². The number of nitrogens with zero attached hydrogens (tertiary/aromatic N) is 3. The molecule has 120 valence electrons. The molecule has 1 atom stereocenters. The molecule has 22 heavy (non-hydrogen) atoms. The lowest BCUT2D eigenvalue weighted by molar-refractivity contribution is 0.233. The molecule has 2 amide bonds. The van der Waals surface area contributed by atoms with Crippen LogP contribution in [-0.4, -0.2) is 47.9 Å². The summed E-state index contributed by atoms with van der Waals surface area (Å²) in [5, 5.41) is 14.1. The first-order valence-electron chi connectivity index (χ1n) is 7.24. The maximum Gasteiger partial charge on any atom is 0.314 e. The zero-order valence-electron chi connectivity index (χ0n) is 13.2. The number of carbonyl (C=O) groups is 1. The molecule has 0 saturated carbocycles. The Hall–Kier alpha value is -1.86. The molecule has 0 fully saturated rings. The van der Waals surface area contributed by atoms with E-state index in [0.717, 1.165) is 12.0 Å². The molecule has 2 N–H and O–H groups in total. The Morgan fingerprint density at radius 1 is 1.45 bits per heavy atom. The smallest absolute Gasteiger partial charge is 0.314 e. The van der Waals surface area contributed by atoms with Crippen molar-refractivity contribution in [1.29, 1.82) is 0 Å². The highest BCUT2D eigenvalue weighted by Gasteiger charge is 2.15. The maximum absolute atomic E-state index is 11.9. The highest BCUT2D eigenvalue weighted by Crippen LogP contribution is 2.19. The molecule has 2 aromatic heterocycles. The van der Waals surface area contributed by atoms with Crippen molar-refractivity contribution >= 4 is 17.4 Å². The van der Waals surface area contributed by atoms with E-state index in [1.807, 2.05) is 33.5 Å². The maximum atomic E-state index is 11.9. The third-order valence-electron chi connectivity index (χ3n) is 3.46. The van der Waals surface area contributed by atoms with Crippen molar-refractivity contribution in [2.75, 3.05) is 27.2 Å². The van der Waals surface area contributed by atoms with E-state index in [1.54, 1.807) is 16.0 Å². The number of hydrogen-bond donors (Lipinski definition) is 2. The number of likely N-dealkylation sites (N-methyl/N-ethyl adjacent to an activating group) is 1. The van der Waals surface area contributed by atoms with Crippen LogP contribution in [0.3, 0.4) is 0 Å². The van der Waals surface area contributed by atoms with E-state index in [-0.39, 0.29) is 12.1 Å². The fraction of sp³-hybridized carbons (Fsp3) is 0.467. The monoisotopic (exact) mass is 321 g/mol. The predicted octanol–water partition coefficient (Wildman–Crippen LogP) is 1.63. The van der Waals surface area contributed by atoms with Crippen LogP contribution in [-0.2, 0) is 13.5 Å². The van der Waals surface area contributed by atoms with Gasteiger partial charge in [0, 0.05) is 26.3 Å². The number of nitrogens with one attached hydrogen (secondary N) is 2. The largest absolute Gasteiger partial charge is 0.338 e. The van der Waals surface area contributed by atoms with Gasteiger partial charge in [-0.05, 0) is 48.5 Å². The third kappa shape index (κ3) is 4.85. The van der Waals surface area contributed by atoms with E-state index in [0.29, 0.717) is 13.1 Å². The summed E-state index contributed by atoms with van der Waals surface area (Å²) in [6, 6.07) is 2.15. The van der Waals surface area contributed by atoms with Gasteiger partial charge in [0.1, 0.15) is 0 Å². The molecule has 1 unspecified atom stereocenters. The molecule has 0 bridgehead atoms. The zero-order valence-corrected chi connectivity index (χ0v) is 14.1. The van der Waals surface area contributed by atoms with Gasteiger partial charge in [-0.1, -0.05) is 0 Å². The number of urea groups is 1. The second-order valence-corrected chi connectivity index (χ2v) is 6.23. The molecule has 2 heterocycles. The average Bonchev–Trinajstić information content (AvgIpc) is 3.11. The summed E-state index contributed by atoms with van der Waals surface area (Å²) in [4.78, 5) is 14.0. The van der Waals surface area contributed by atoms with Crippen LogP contribution in [0.5, 0.6) is 0 Å². The molecule has 0 spiro atoms. The summed E-state index contributed by atoms with van der Waals surface area (Å²) in [6.07, 6.45) is 4.55. The SMILES string of the molecule is CN(C)C(CNC(=O)NCCc1cnn(C)c1)c1ccsc1. The molecule has 0 aromatic carbocycles. The number of aromatic nitrogens is 2. The van der Waals surface area contributed by atoms with Gasteiger partial charge in [0.2, 0.25) is 0 Å². The summed E-state index contributed by atoms with van der Waals surface area (Å²) >= 11 is 1.67. The summed E-state index contributed by atoms with van der Waals surface area (Å²) in [6.45, 7) is 1.19. The van der Waals surface area contributed by atoms with Crippen molar-refractivity contribution in [3.63, 3.8) is 0 Å². The minimum atomic E-state index is -0.133. The third-order valence-corrected chi connectivity index (χ3v) is 4.17. The lowest BCUT2D eigenvalue weighted by Crippen LogP contribution is -2.41. The topological polar surface area (TPSA) is 62.2 Å². The van der Waals surface area contributed by atoms with E-state index in [9.17, 15) is 4.79 Å². The Morgan fingerprint density at radius 3 is 2.86 bits per heavy atom. The van der Waals surface area contributed by atoms with E-state index in [1.165, 1.54) is 5.56 Å². The van der Waals surface area contributed by atoms with Crippen LogP contribution < -0.4 is 10.6 Å². The van der Waals surface area contributed by atoms with Gasteiger partial charge in [0.15, 0.2) is 0 Å². The molecule has 0 aliphatic heterocycles. The van der Waals surface area contributed by atoms with Crippen molar-refractivity contribution in [3.05, 3.63) is 40.3 Å². The standard InChI is InChI=1S/C15H23N5OS/c1-19(2)14(13-5-7-22-11-13)9-17-15(21)16-6-4-12-8-18-20(3)10-12/h5,7-8,10-11,14H,4,6,9H2,1-3H3,(H2,16,17,21). The van der Waals surface area contributed by atoms with Crippen LogP contribution in [0.15, 0.2) is 29.2 Å². The highest BCUT2D eigenvalue weighted by atomic mass is 32.1. The fourth-order valence-electron chi connectivity index (χ4n) is 2.24. The van der Waals surface area contributed by atoms with Gasteiger partial charge in [0.05, 0.1) is 12.2 Å². The van der Waals surface area contributed by atoms with Gasteiger partial charge in [-0.3, -0.25) is 4.68 Å². The zero-order chi connectivity index (χ0) is 15.9. The van der Waals surface area contributed by atoms with Crippen molar-refractivity contribution in [2.45, 2.75) is 12.5 Å².